The minimum absolute atomic E-state index is 0.220. The lowest BCUT2D eigenvalue weighted by Crippen LogP contribution is -2.45. The summed E-state index contributed by atoms with van der Waals surface area (Å²) in [6.45, 7) is 0. The largest absolute Gasteiger partial charge is 0.390 e. The zero-order chi connectivity index (χ0) is 14.8. The van der Waals surface area contributed by atoms with Crippen molar-refractivity contribution in [1.29, 1.82) is 0 Å². The molecule has 21 heavy (non-hydrogen) atoms. The third-order valence-electron chi connectivity index (χ3n) is 3.83. The lowest BCUT2D eigenvalue weighted by molar-refractivity contribution is -0.123. The van der Waals surface area contributed by atoms with Gasteiger partial charge in [-0.1, -0.05) is 30.3 Å². The predicted octanol–water partition coefficient (Wildman–Crippen LogP) is 1.39. The van der Waals surface area contributed by atoms with Gasteiger partial charge in [-0.05, 0) is 29.0 Å². The molecule has 3 rings (SSSR count). The van der Waals surface area contributed by atoms with Crippen LogP contribution < -0.4 is 11.1 Å². The molecule has 1 aromatic carbocycles. The van der Waals surface area contributed by atoms with Crippen LogP contribution in [0.1, 0.15) is 22.0 Å². The van der Waals surface area contributed by atoms with Crippen molar-refractivity contribution in [2.24, 2.45) is 5.73 Å². The number of rotatable bonds is 4. The monoisotopic (exact) mass is 302 g/mol. The molecule has 0 saturated carbocycles. The van der Waals surface area contributed by atoms with Gasteiger partial charge in [-0.15, -0.1) is 11.3 Å². The highest BCUT2D eigenvalue weighted by Gasteiger charge is 2.34. The number of carbonyl (C=O) groups excluding carboxylic acids is 1. The number of amides is 1. The lowest BCUT2D eigenvalue weighted by atomic mass is 10.0. The molecule has 0 radical (unpaired) electrons. The summed E-state index contributed by atoms with van der Waals surface area (Å²) < 4.78 is 0. The Labute approximate surface area is 127 Å². The molecule has 0 spiro atoms. The van der Waals surface area contributed by atoms with Gasteiger partial charge in [0.15, 0.2) is 0 Å². The topological polar surface area (TPSA) is 75.4 Å². The number of benzene rings is 1. The number of aliphatic hydroxyl groups is 1. The maximum atomic E-state index is 12.2. The molecule has 0 saturated heterocycles. The third-order valence-corrected chi connectivity index (χ3v) is 4.79. The number of nitrogens with one attached hydrogen (secondary N) is 1. The Hall–Kier alpha value is -1.69. The van der Waals surface area contributed by atoms with E-state index in [1.165, 1.54) is 0 Å². The van der Waals surface area contributed by atoms with E-state index in [-0.39, 0.29) is 11.9 Å². The van der Waals surface area contributed by atoms with Crippen molar-refractivity contribution in [3.63, 3.8) is 0 Å². The van der Waals surface area contributed by atoms with E-state index < -0.39 is 12.1 Å². The Morgan fingerprint density at radius 1 is 1.38 bits per heavy atom. The van der Waals surface area contributed by atoms with Crippen LogP contribution in [0.2, 0.25) is 0 Å². The summed E-state index contributed by atoms with van der Waals surface area (Å²) in [5.41, 5.74) is 8.03. The van der Waals surface area contributed by atoms with Gasteiger partial charge >= 0.3 is 0 Å². The Bertz CT molecular complexity index is 626. The molecule has 1 aromatic heterocycles. The van der Waals surface area contributed by atoms with E-state index in [0.29, 0.717) is 12.8 Å². The molecule has 1 amide bonds. The molecule has 1 aliphatic carbocycles. The van der Waals surface area contributed by atoms with Crippen LogP contribution in [0, 0.1) is 0 Å². The van der Waals surface area contributed by atoms with Gasteiger partial charge < -0.3 is 16.2 Å². The maximum absolute atomic E-state index is 12.2. The fraction of sp³-hybridized carbons (Fsp3) is 0.312. The molecular weight excluding hydrogens is 284 g/mol. The second kappa shape index (κ2) is 5.97. The fourth-order valence-corrected chi connectivity index (χ4v) is 3.68. The van der Waals surface area contributed by atoms with E-state index in [4.69, 9.17) is 5.73 Å². The number of hydrogen-bond donors (Lipinski definition) is 3. The van der Waals surface area contributed by atoms with E-state index in [1.54, 1.807) is 11.3 Å². The highest BCUT2D eigenvalue weighted by Crippen LogP contribution is 2.35. The van der Waals surface area contributed by atoms with Crippen LogP contribution in [0.4, 0.5) is 0 Å². The predicted molar refractivity (Wildman–Crippen MR) is 83.0 cm³/mol. The highest BCUT2D eigenvalue weighted by molar-refractivity contribution is 7.10. The fourth-order valence-electron chi connectivity index (χ4n) is 2.70. The smallest absolute Gasteiger partial charge is 0.237 e. The van der Waals surface area contributed by atoms with Crippen molar-refractivity contribution in [2.75, 3.05) is 0 Å². The zero-order valence-corrected chi connectivity index (χ0v) is 12.3. The van der Waals surface area contributed by atoms with Gasteiger partial charge in [0.25, 0.3) is 0 Å². The van der Waals surface area contributed by atoms with Gasteiger partial charge in [0, 0.05) is 11.3 Å². The maximum Gasteiger partial charge on any atom is 0.237 e. The van der Waals surface area contributed by atoms with E-state index in [9.17, 15) is 9.90 Å². The summed E-state index contributed by atoms with van der Waals surface area (Å²) >= 11 is 1.62. The third kappa shape index (κ3) is 3.00. The average molecular weight is 302 g/mol. The number of fused-ring (bicyclic) bond motifs is 1. The van der Waals surface area contributed by atoms with Gasteiger partial charge in [-0.2, -0.15) is 0 Å². The van der Waals surface area contributed by atoms with Crippen LogP contribution in [-0.4, -0.2) is 23.2 Å². The molecule has 0 aliphatic heterocycles. The Morgan fingerprint density at radius 3 is 2.90 bits per heavy atom. The van der Waals surface area contributed by atoms with Crippen LogP contribution in [-0.2, 0) is 17.6 Å². The molecule has 5 heteroatoms. The van der Waals surface area contributed by atoms with Crippen molar-refractivity contribution in [3.05, 3.63) is 57.8 Å². The first-order valence-corrected chi connectivity index (χ1v) is 7.87. The molecule has 1 heterocycles. The van der Waals surface area contributed by atoms with E-state index in [1.807, 2.05) is 41.8 Å². The molecule has 0 fully saturated rings. The summed E-state index contributed by atoms with van der Waals surface area (Å²) in [6.07, 6.45) is 0.540. The number of hydrogen-bond acceptors (Lipinski definition) is 4. The minimum Gasteiger partial charge on any atom is -0.390 e. The van der Waals surface area contributed by atoms with Crippen molar-refractivity contribution in [1.82, 2.24) is 5.32 Å². The van der Waals surface area contributed by atoms with Gasteiger partial charge in [-0.3, -0.25) is 4.79 Å². The quantitative estimate of drug-likeness (QED) is 0.799. The Kier molecular flexibility index (Phi) is 4.05. The highest BCUT2D eigenvalue weighted by atomic mass is 32.1. The van der Waals surface area contributed by atoms with E-state index in [0.717, 1.165) is 16.0 Å². The molecule has 0 unspecified atom stereocenters. The van der Waals surface area contributed by atoms with Gasteiger partial charge in [0.05, 0.1) is 18.2 Å². The Balaban J connectivity index is 1.64. The van der Waals surface area contributed by atoms with E-state index in [2.05, 4.69) is 5.32 Å². The van der Waals surface area contributed by atoms with Gasteiger partial charge in [0.2, 0.25) is 5.91 Å². The lowest BCUT2D eigenvalue weighted by Gasteiger charge is -2.20. The average Bonchev–Trinajstić information content (AvgIpc) is 3.03. The summed E-state index contributed by atoms with van der Waals surface area (Å²) in [5, 5.41) is 14.9. The van der Waals surface area contributed by atoms with E-state index >= 15 is 0 Å². The Morgan fingerprint density at radius 2 is 2.14 bits per heavy atom. The number of carbonyl (C=O) groups is 1. The summed E-state index contributed by atoms with van der Waals surface area (Å²) in [5.74, 6) is -0.220. The van der Waals surface area contributed by atoms with Crippen molar-refractivity contribution in [2.45, 2.75) is 31.0 Å². The first-order valence-electron chi connectivity index (χ1n) is 6.99. The molecule has 110 valence electrons. The zero-order valence-electron chi connectivity index (χ0n) is 11.5. The van der Waals surface area contributed by atoms with Crippen LogP contribution in [0.25, 0.3) is 0 Å². The van der Waals surface area contributed by atoms with Crippen molar-refractivity contribution >= 4 is 17.2 Å². The molecule has 0 bridgehead atoms. The minimum atomic E-state index is -0.609. The van der Waals surface area contributed by atoms with Crippen LogP contribution >= 0.6 is 11.3 Å². The van der Waals surface area contributed by atoms with Crippen LogP contribution in [0.5, 0.6) is 0 Å². The second-order valence-electron chi connectivity index (χ2n) is 5.35. The first-order chi connectivity index (χ1) is 10.1. The van der Waals surface area contributed by atoms with Crippen LogP contribution in [0.15, 0.2) is 41.8 Å². The van der Waals surface area contributed by atoms with Crippen molar-refractivity contribution < 1.29 is 9.90 Å². The molecule has 4 N–H and O–H groups in total. The molecule has 2 aromatic rings. The van der Waals surface area contributed by atoms with Gasteiger partial charge in [-0.25, -0.2) is 0 Å². The normalized spacial score (nSPS) is 21.8. The van der Waals surface area contributed by atoms with Gasteiger partial charge in [0.1, 0.15) is 0 Å². The van der Waals surface area contributed by atoms with Crippen molar-refractivity contribution in [3.8, 4) is 0 Å². The summed E-state index contributed by atoms with van der Waals surface area (Å²) in [7, 11) is 0. The first kappa shape index (κ1) is 14.3. The molecule has 1 aliphatic rings. The summed E-state index contributed by atoms with van der Waals surface area (Å²) in [6, 6.07) is 10.7. The standard InChI is InChI=1S/C16H18N2O2S/c17-12(8-10-4-2-1-3-5-10)16(20)18-15-11-6-7-21-14(11)9-13(15)19/h1-7,12-13,15,19H,8-9,17H2,(H,18,20)/t12-,13-,15+/m0/s1. The van der Waals surface area contributed by atoms with Crippen LogP contribution in [0.3, 0.4) is 0 Å². The molecule has 3 atom stereocenters. The molecule has 4 nitrogen and oxygen atoms in total. The summed E-state index contributed by atoms with van der Waals surface area (Å²) in [4.78, 5) is 13.4. The number of aliphatic hydroxyl groups excluding tert-OH is 1. The number of nitrogens with two attached hydrogens (primary N) is 1. The second-order valence-corrected chi connectivity index (χ2v) is 6.35. The number of thiophene rings is 1. The SMILES string of the molecule is N[C@@H](Cc1ccccc1)C(=O)N[C@@H]1c2ccsc2C[C@@H]1O. The molecular formula is C16H18N2O2S.